The average molecular weight is 413 g/mol. The van der Waals surface area contributed by atoms with Gasteiger partial charge in [0.25, 0.3) is 5.91 Å². The summed E-state index contributed by atoms with van der Waals surface area (Å²) in [6.45, 7) is 1.41. The number of aromatic amines is 1. The molecule has 0 saturated heterocycles. The zero-order valence-corrected chi connectivity index (χ0v) is 15.7. The Hall–Kier alpha value is -3.59. The molecular formula is C20H13F2N3O3S. The molecule has 0 unspecified atom stereocenters. The number of H-pyrrole nitrogens is 1. The second-order valence-electron chi connectivity index (χ2n) is 6.31. The van der Waals surface area contributed by atoms with Crippen LogP contribution in [0.3, 0.4) is 0 Å². The van der Waals surface area contributed by atoms with E-state index >= 15 is 0 Å². The van der Waals surface area contributed by atoms with Gasteiger partial charge in [-0.15, -0.1) is 11.3 Å². The topological polar surface area (TPSA) is 95.1 Å². The molecule has 0 atom stereocenters. The van der Waals surface area contributed by atoms with Gasteiger partial charge in [0.05, 0.1) is 17.3 Å². The van der Waals surface area contributed by atoms with E-state index in [-0.39, 0.29) is 32.8 Å². The summed E-state index contributed by atoms with van der Waals surface area (Å²) < 4.78 is 28.4. The Morgan fingerprint density at radius 3 is 2.69 bits per heavy atom. The first-order chi connectivity index (χ1) is 13.9. The van der Waals surface area contributed by atoms with E-state index in [0.717, 1.165) is 16.7 Å². The molecule has 4 rings (SSSR count). The molecular weight excluding hydrogens is 400 g/mol. The number of aromatic carboxylic acids is 1. The standard InChI is InChI=1S/C20H13F2N3O3S/c1-9-5-6-11(16(22)15(9)21)13-8-29-19(14(13)20(27)28)24-18(26)12-4-2-3-10-7-23-25-17(10)12/h2-8H,1H3,(H,23,25)(H,24,26)(H,27,28). The van der Waals surface area contributed by atoms with Gasteiger partial charge in [0.1, 0.15) is 10.6 Å². The Bertz CT molecular complexity index is 1280. The maximum atomic E-state index is 14.4. The van der Waals surface area contributed by atoms with Crippen molar-refractivity contribution in [3.63, 3.8) is 0 Å². The lowest BCUT2D eigenvalue weighted by molar-refractivity contribution is 0.0699. The van der Waals surface area contributed by atoms with Crippen molar-refractivity contribution >= 4 is 39.1 Å². The number of carbonyl (C=O) groups is 2. The summed E-state index contributed by atoms with van der Waals surface area (Å²) in [6, 6.07) is 7.71. The second kappa shape index (κ2) is 7.10. The van der Waals surface area contributed by atoms with Gasteiger partial charge in [0, 0.05) is 21.9 Å². The van der Waals surface area contributed by atoms with Crippen LogP contribution in [0.15, 0.2) is 41.9 Å². The minimum Gasteiger partial charge on any atom is -0.478 e. The lowest BCUT2D eigenvalue weighted by atomic mass is 10.0. The third kappa shape index (κ3) is 3.15. The molecule has 6 nitrogen and oxygen atoms in total. The van der Waals surface area contributed by atoms with E-state index < -0.39 is 23.5 Å². The Balaban J connectivity index is 1.76. The lowest BCUT2D eigenvalue weighted by Gasteiger charge is -2.08. The van der Waals surface area contributed by atoms with Gasteiger partial charge in [-0.3, -0.25) is 9.89 Å². The van der Waals surface area contributed by atoms with E-state index in [1.807, 2.05) is 0 Å². The predicted molar refractivity (Wildman–Crippen MR) is 105 cm³/mol. The normalized spacial score (nSPS) is 11.0. The number of aryl methyl sites for hydroxylation is 1. The predicted octanol–water partition coefficient (Wildman–Crippen LogP) is 4.83. The van der Waals surface area contributed by atoms with Gasteiger partial charge in [-0.05, 0) is 18.6 Å². The number of fused-ring (bicyclic) bond motifs is 1. The van der Waals surface area contributed by atoms with Crippen LogP contribution in [0.1, 0.15) is 26.3 Å². The van der Waals surface area contributed by atoms with Crippen molar-refractivity contribution in [1.29, 1.82) is 0 Å². The van der Waals surface area contributed by atoms with Crippen LogP contribution < -0.4 is 5.32 Å². The van der Waals surface area contributed by atoms with E-state index in [9.17, 15) is 23.5 Å². The van der Waals surface area contributed by atoms with Gasteiger partial charge in [-0.1, -0.05) is 24.3 Å². The number of hydrogen-bond acceptors (Lipinski definition) is 4. The molecule has 2 aromatic carbocycles. The Morgan fingerprint density at radius 1 is 1.14 bits per heavy atom. The number of hydrogen-bond donors (Lipinski definition) is 3. The third-order valence-electron chi connectivity index (χ3n) is 4.52. The SMILES string of the molecule is Cc1ccc(-c2csc(NC(=O)c3cccc4cn[nH]c34)c2C(=O)O)c(F)c1F. The molecule has 0 fully saturated rings. The van der Waals surface area contributed by atoms with E-state index in [4.69, 9.17) is 0 Å². The summed E-state index contributed by atoms with van der Waals surface area (Å²) in [6.07, 6.45) is 1.56. The highest BCUT2D eigenvalue weighted by molar-refractivity contribution is 7.15. The zero-order chi connectivity index (χ0) is 20.7. The van der Waals surface area contributed by atoms with Crippen molar-refractivity contribution in [3.05, 3.63) is 70.2 Å². The molecule has 0 aliphatic rings. The molecule has 3 N–H and O–H groups in total. The first-order valence-corrected chi connectivity index (χ1v) is 9.29. The molecule has 0 saturated carbocycles. The van der Waals surface area contributed by atoms with E-state index in [1.54, 1.807) is 24.4 Å². The Kier molecular flexibility index (Phi) is 4.59. The lowest BCUT2D eigenvalue weighted by Crippen LogP contribution is -2.14. The molecule has 2 heterocycles. The zero-order valence-electron chi connectivity index (χ0n) is 14.9. The van der Waals surface area contributed by atoms with Crippen molar-refractivity contribution in [2.24, 2.45) is 0 Å². The summed E-state index contributed by atoms with van der Waals surface area (Å²) in [5, 5.41) is 21.0. The maximum Gasteiger partial charge on any atom is 0.339 e. The number of carboxylic acids is 1. The van der Waals surface area contributed by atoms with Crippen LogP contribution in [0.25, 0.3) is 22.0 Å². The molecule has 9 heteroatoms. The van der Waals surface area contributed by atoms with Gasteiger partial charge in [-0.25, -0.2) is 13.6 Å². The number of aromatic nitrogens is 2. The second-order valence-corrected chi connectivity index (χ2v) is 7.19. The van der Waals surface area contributed by atoms with E-state index in [1.165, 1.54) is 24.4 Å². The van der Waals surface area contributed by atoms with Crippen LogP contribution in [0.5, 0.6) is 0 Å². The number of carboxylic acid groups (broad SMARTS) is 1. The molecule has 0 radical (unpaired) electrons. The molecule has 146 valence electrons. The van der Waals surface area contributed by atoms with Crippen LogP contribution in [0.2, 0.25) is 0 Å². The number of amides is 1. The van der Waals surface area contributed by atoms with E-state index in [0.29, 0.717) is 5.52 Å². The first kappa shape index (κ1) is 18.8. The van der Waals surface area contributed by atoms with Gasteiger partial charge in [0.15, 0.2) is 11.6 Å². The van der Waals surface area contributed by atoms with Crippen LogP contribution in [-0.2, 0) is 0 Å². The smallest absolute Gasteiger partial charge is 0.339 e. The maximum absolute atomic E-state index is 14.4. The fraction of sp³-hybridized carbons (Fsp3) is 0.0500. The van der Waals surface area contributed by atoms with Crippen molar-refractivity contribution in [3.8, 4) is 11.1 Å². The van der Waals surface area contributed by atoms with Crippen LogP contribution in [0, 0.1) is 18.6 Å². The van der Waals surface area contributed by atoms with Gasteiger partial charge < -0.3 is 10.4 Å². The quantitative estimate of drug-likeness (QED) is 0.447. The fourth-order valence-corrected chi connectivity index (χ4v) is 3.99. The molecule has 0 aliphatic carbocycles. The van der Waals surface area contributed by atoms with Crippen molar-refractivity contribution in [2.45, 2.75) is 6.92 Å². The van der Waals surface area contributed by atoms with Crippen molar-refractivity contribution < 1.29 is 23.5 Å². The highest BCUT2D eigenvalue weighted by atomic mass is 32.1. The number of para-hydroxylation sites is 1. The summed E-state index contributed by atoms with van der Waals surface area (Å²) in [5.41, 5.74) is 0.401. The molecule has 0 spiro atoms. The number of thiophene rings is 1. The summed E-state index contributed by atoms with van der Waals surface area (Å²) in [5.74, 6) is -4.09. The monoisotopic (exact) mass is 413 g/mol. The highest BCUT2D eigenvalue weighted by Gasteiger charge is 2.25. The third-order valence-corrected chi connectivity index (χ3v) is 5.41. The summed E-state index contributed by atoms with van der Waals surface area (Å²) in [7, 11) is 0. The highest BCUT2D eigenvalue weighted by Crippen LogP contribution is 2.38. The van der Waals surface area contributed by atoms with Crippen LogP contribution >= 0.6 is 11.3 Å². The Labute approximate surface area is 166 Å². The number of halogens is 2. The molecule has 0 aliphatic heterocycles. The molecule has 29 heavy (non-hydrogen) atoms. The number of anilines is 1. The first-order valence-electron chi connectivity index (χ1n) is 8.41. The average Bonchev–Trinajstić information content (AvgIpc) is 3.33. The van der Waals surface area contributed by atoms with Crippen LogP contribution in [-0.4, -0.2) is 27.2 Å². The molecule has 0 bridgehead atoms. The van der Waals surface area contributed by atoms with E-state index in [2.05, 4.69) is 15.5 Å². The number of carbonyl (C=O) groups excluding carboxylic acids is 1. The van der Waals surface area contributed by atoms with Crippen molar-refractivity contribution in [2.75, 3.05) is 5.32 Å². The van der Waals surface area contributed by atoms with Gasteiger partial charge >= 0.3 is 5.97 Å². The number of nitrogens with zero attached hydrogens (tertiary/aromatic N) is 1. The largest absolute Gasteiger partial charge is 0.478 e. The minimum absolute atomic E-state index is 0.00560. The fourth-order valence-electron chi connectivity index (χ4n) is 3.04. The number of benzene rings is 2. The van der Waals surface area contributed by atoms with Crippen LogP contribution in [0.4, 0.5) is 13.8 Å². The molecule has 2 aromatic heterocycles. The van der Waals surface area contributed by atoms with Crippen molar-refractivity contribution in [1.82, 2.24) is 10.2 Å². The number of nitrogens with one attached hydrogen (secondary N) is 2. The summed E-state index contributed by atoms with van der Waals surface area (Å²) in [4.78, 5) is 24.6. The molecule has 1 amide bonds. The van der Waals surface area contributed by atoms with Gasteiger partial charge in [0.2, 0.25) is 0 Å². The minimum atomic E-state index is -1.36. The molecule has 4 aromatic rings. The number of rotatable bonds is 4. The summed E-state index contributed by atoms with van der Waals surface area (Å²) >= 11 is 0.921. The Morgan fingerprint density at radius 2 is 1.93 bits per heavy atom. The van der Waals surface area contributed by atoms with Gasteiger partial charge in [-0.2, -0.15) is 5.10 Å².